The second-order valence-electron chi connectivity index (χ2n) is 7.35. The number of rotatable bonds is 4. The van der Waals surface area contributed by atoms with Gasteiger partial charge in [0, 0.05) is 24.3 Å². The third kappa shape index (κ3) is 2.82. The molecule has 3 N–H and O–H groups in total. The number of nitrogens with zero attached hydrogens (tertiary/aromatic N) is 1. The van der Waals surface area contributed by atoms with Crippen molar-refractivity contribution >= 4 is 22.5 Å². The molecule has 0 aliphatic heterocycles. The summed E-state index contributed by atoms with van der Waals surface area (Å²) in [6.45, 7) is 10.6. The largest absolute Gasteiger partial charge is 0.368 e. The summed E-state index contributed by atoms with van der Waals surface area (Å²) in [4.78, 5) is 17.2. The van der Waals surface area contributed by atoms with Crippen LogP contribution >= 0.6 is 0 Å². The van der Waals surface area contributed by atoms with E-state index in [1.54, 1.807) is 0 Å². The number of hydrogen-bond acceptors (Lipinski definition) is 2. The van der Waals surface area contributed by atoms with Gasteiger partial charge in [0.15, 0.2) is 0 Å². The maximum Gasteiger partial charge on any atom is 0.240 e. The number of likely N-dealkylation sites (N-methyl/N-ethyl adjacent to an activating group) is 1. The van der Waals surface area contributed by atoms with Gasteiger partial charge in [-0.1, -0.05) is 40.7 Å². The van der Waals surface area contributed by atoms with Crippen LogP contribution in [0.3, 0.4) is 0 Å². The lowest BCUT2D eigenvalue weighted by atomic mass is 9.85. The first-order valence-corrected chi connectivity index (χ1v) is 7.77. The van der Waals surface area contributed by atoms with E-state index in [1.807, 2.05) is 32.0 Å². The molecule has 4 nitrogen and oxygen atoms in total. The number of amides is 1. The van der Waals surface area contributed by atoms with Crippen molar-refractivity contribution in [2.45, 2.75) is 46.1 Å². The molecule has 4 heteroatoms. The second-order valence-corrected chi connectivity index (χ2v) is 7.35. The van der Waals surface area contributed by atoms with Gasteiger partial charge in [0.05, 0.1) is 5.52 Å². The first-order valence-electron chi connectivity index (χ1n) is 7.77. The van der Waals surface area contributed by atoms with E-state index in [-0.39, 0.29) is 23.3 Å². The third-order valence-corrected chi connectivity index (χ3v) is 4.23. The molecule has 22 heavy (non-hydrogen) atoms. The van der Waals surface area contributed by atoms with Crippen molar-refractivity contribution in [2.24, 2.45) is 11.7 Å². The van der Waals surface area contributed by atoms with Crippen molar-refractivity contribution in [3.05, 3.63) is 30.0 Å². The molecule has 0 radical (unpaired) electrons. The number of carbonyl (C=O) groups excluding carboxylic acids is 1. The van der Waals surface area contributed by atoms with Gasteiger partial charge in [0.1, 0.15) is 6.04 Å². The number of carbonyl (C=O) groups is 1. The fourth-order valence-electron chi connectivity index (χ4n) is 3.19. The average molecular weight is 301 g/mol. The van der Waals surface area contributed by atoms with Crippen molar-refractivity contribution < 1.29 is 4.79 Å². The summed E-state index contributed by atoms with van der Waals surface area (Å²) in [5.74, 6) is -0.139. The molecule has 0 bridgehead atoms. The summed E-state index contributed by atoms with van der Waals surface area (Å²) in [6, 6.07) is 5.98. The molecule has 1 aromatic carbocycles. The Labute approximate surface area is 132 Å². The highest BCUT2D eigenvalue weighted by atomic mass is 16.1. The van der Waals surface area contributed by atoms with Crippen LogP contribution in [0.1, 0.15) is 40.2 Å². The molecule has 2 aromatic rings. The Morgan fingerprint density at radius 3 is 2.36 bits per heavy atom. The smallest absolute Gasteiger partial charge is 0.240 e. The highest BCUT2D eigenvalue weighted by molar-refractivity contribution is 5.97. The van der Waals surface area contributed by atoms with E-state index in [9.17, 15) is 4.79 Å². The van der Waals surface area contributed by atoms with Gasteiger partial charge < -0.3 is 15.6 Å². The predicted octanol–water partition coefficient (Wildman–Crippen LogP) is 3.41. The minimum Gasteiger partial charge on any atom is -0.368 e. The molecule has 2 rings (SSSR count). The van der Waals surface area contributed by atoms with Crippen LogP contribution in [-0.4, -0.2) is 24.0 Å². The number of anilines is 1. The molecular formula is C18H27N3O. The summed E-state index contributed by atoms with van der Waals surface area (Å²) in [5.41, 5.74) is 9.09. The number of aromatic amines is 1. The Kier molecular flexibility index (Phi) is 4.23. The van der Waals surface area contributed by atoms with E-state index in [2.05, 4.69) is 44.0 Å². The highest BCUT2D eigenvalue weighted by Gasteiger charge is 2.27. The molecule has 0 aliphatic rings. The van der Waals surface area contributed by atoms with Gasteiger partial charge in [-0.3, -0.25) is 4.79 Å². The topological polar surface area (TPSA) is 62.1 Å². The predicted molar refractivity (Wildman–Crippen MR) is 93.2 cm³/mol. The van der Waals surface area contributed by atoms with Gasteiger partial charge in [-0.15, -0.1) is 0 Å². The van der Waals surface area contributed by atoms with Crippen molar-refractivity contribution in [1.82, 2.24) is 4.98 Å². The first-order chi connectivity index (χ1) is 10.1. The molecule has 1 aromatic heterocycles. The van der Waals surface area contributed by atoms with Gasteiger partial charge in [-0.05, 0) is 29.0 Å². The average Bonchev–Trinajstić information content (AvgIpc) is 2.83. The third-order valence-electron chi connectivity index (χ3n) is 4.23. The Hall–Kier alpha value is -1.97. The van der Waals surface area contributed by atoms with Crippen LogP contribution in [0.15, 0.2) is 24.4 Å². The minimum absolute atomic E-state index is 0.0569. The number of nitrogens with one attached hydrogen (secondary N) is 1. The summed E-state index contributed by atoms with van der Waals surface area (Å²) in [7, 11) is 1.94. The van der Waals surface area contributed by atoms with Gasteiger partial charge in [0.25, 0.3) is 0 Å². The van der Waals surface area contributed by atoms with Crippen LogP contribution in [-0.2, 0) is 10.2 Å². The zero-order chi connectivity index (χ0) is 16.7. The molecule has 0 fully saturated rings. The lowest BCUT2D eigenvalue weighted by molar-refractivity contribution is -0.120. The zero-order valence-electron chi connectivity index (χ0n) is 14.4. The van der Waals surface area contributed by atoms with Crippen LogP contribution in [0.2, 0.25) is 0 Å². The van der Waals surface area contributed by atoms with Crippen molar-refractivity contribution in [3.8, 4) is 0 Å². The molecule has 0 saturated heterocycles. The SMILES string of the molecule is CC(C)[C@@H](C(N)=O)N(C)c1ccc(C(C)(C)C)c2[nH]ccc12. The van der Waals surface area contributed by atoms with E-state index >= 15 is 0 Å². The van der Waals surface area contributed by atoms with Gasteiger partial charge in [-0.25, -0.2) is 0 Å². The molecule has 0 aliphatic carbocycles. The quantitative estimate of drug-likeness (QED) is 0.909. The fourth-order valence-corrected chi connectivity index (χ4v) is 3.19. The molecule has 0 spiro atoms. The molecule has 0 saturated carbocycles. The number of nitrogens with two attached hydrogens (primary N) is 1. The number of hydrogen-bond donors (Lipinski definition) is 2. The lowest BCUT2D eigenvalue weighted by Gasteiger charge is -2.32. The number of benzene rings is 1. The standard InChI is InChI=1S/C18H27N3O/c1-11(2)16(17(19)22)21(6)14-8-7-13(18(3,4)5)15-12(14)9-10-20-15/h7-11,16,20H,1-6H3,(H2,19,22)/t16-/m0/s1. The van der Waals surface area contributed by atoms with Crippen molar-refractivity contribution in [2.75, 3.05) is 11.9 Å². The monoisotopic (exact) mass is 301 g/mol. The van der Waals surface area contributed by atoms with E-state index in [0.29, 0.717) is 0 Å². The maximum atomic E-state index is 11.8. The van der Waals surface area contributed by atoms with Crippen LogP contribution in [0.5, 0.6) is 0 Å². The number of H-pyrrole nitrogens is 1. The maximum absolute atomic E-state index is 11.8. The van der Waals surface area contributed by atoms with Gasteiger partial charge >= 0.3 is 0 Å². The van der Waals surface area contributed by atoms with Gasteiger partial charge in [0.2, 0.25) is 5.91 Å². The van der Waals surface area contributed by atoms with Crippen molar-refractivity contribution in [1.29, 1.82) is 0 Å². The summed E-state index contributed by atoms with van der Waals surface area (Å²) < 4.78 is 0. The normalized spacial score (nSPS) is 13.6. The molecular weight excluding hydrogens is 274 g/mol. The summed E-state index contributed by atoms with van der Waals surface area (Å²) in [5, 5.41) is 1.13. The second kappa shape index (κ2) is 5.67. The molecule has 1 amide bonds. The molecule has 0 unspecified atom stereocenters. The van der Waals surface area contributed by atoms with Gasteiger partial charge in [-0.2, -0.15) is 0 Å². The summed E-state index contributed by atoms with van der Waals surface area (Å²) >= 11 is 0. The zero-order valence-corrected chi connectivity index (χ0v) is 14.4. The number of primary amides is 1. The Morgan fingerprint density at radius 2 is 1.86 bits per heavy atom. The van der Waals surface area contributed by atoms with Crippen LogP contribution < -0.4 is 10.6 Å². The fraction of sp³-hybridized carbons (Fsp3) is 0.500. The molecule has 120 valence electrons. The van der Waals surface area contributed by atoms with Crippen LogP contribution in [0.25, 0.3) is 10.9 Å². The van der Waals surface area contributed by atoms with E-state index in [1.165, 1.54) is 5.56 Å². The minimum atomic E-state index is -0.321. The number of aromatic nitrogens is 1. The Morgan fingerprint density at radius 1 is 1.23 bits per heavy atom. The van der Waals surface area contributed by atoms with Crippen LogP contribution in [0.4, 0.5) is 5.69 Å². The summed E-state index contributed by atoms with van der Waals surface area (Å²) in [6.07, 6.45) is 1.95. The van der Waals surface area contributed by atoms with E-state index in [4.69, 9.17) is 5.73 Å². The highest BCUT2D eigenvalue weighted by Crippen LogP contribution is 2.35. The Bertz CT molecular complexity index is 679. The molecule has 1 heterocycles. The first kappa shape index (κ1) is 16.4. The number of fused-ring (bicyclic) bond motifs is 1. The lowest BCUT2D eigenvalue weighted by Crippen LogP contribution is -2.46. The van der Waals surface area contributed by atoms with Crippen molar-refractivity contribution in [3.63, 3.8) is 0 Å². The van der Waals surface area contributed by atoms with Crippen LogP contribution in [0, 0.1) is 5.92 Å². The van der Waals surface area contributed by atoms with E-state index in [0.717, 1.165) is 16.6 Å². The van der Waals surface area contributed by atoms with E-state index < -0.39 is 0 Å². The molecule has 1 atom stereocenters. The Balaban J connectivity index is 2.58.